The molecule has 1 saturated heterocycles. The van der Waals surface area contributed by atoms with Crippen molar-refractivity contribution in [2.45, 2.75) is 56.7 Å². The largest absolute Gasteiger partial charge is 0.364 e. The number of anilines is 1. The van der Waals surface area contributed by atoms with Crippen molar-refractivity contribution in [2.75, 3.05) is 11.4 Å². The highest BCUT2D eigenvalue weighted by Gasteiger charge is 2.37. The van der Waals surface area contributed by atoms with Crippen LogP contribution in [0.1, 0.15) is 43.7 Å². The number of nitrogens with one attached hydrogen (secondary N) is 1. The fraction of sp³-hybridized carbons (Fsp3) is 0.500. The standard InChI is InChI=1S/C20H21FN4O2S/c21-14-7-13-16(12-3-1-2-11-6-9(22)8-24(11)17(12)14)25(10-4-5-10)20-15(18(13)26)19(27)23-28-20/h7,9-11H,1-6,8,22H2,(H,23,27)/t9-,11?/m0/s1. The van der Waals surface area contributed by atoms with Gasteiger partial charge in [0.25, 0.3) is 5.56 Å². The summed E-state index contributed by atoms with van der Waals surface area (Å²) in [7, 11) is 0. The molecule has 1 aromatic carbocycles. The average molecular weight is 400 g/mol. The van der Waals surface area contributed by atoms with Gasteiger partial charge in [-0.25, -0.2) is 4.39 Å². The summed E-state index contributed by atoms with van der Waals surface area (Å²) >= 11 is 1.22. The van der Waals surface area contributed by atoms with E-state index in [0.717, 1.165) is 49.6 Å². The number of fused-ring (bicyclic) bond motifs is 6. The highest BCUT2D eigenvalue weighted by Crippen LogP contribution is 2.45. The van der Waals surface area contributed by atoms with Gasteiger partial charge in [-0.2, -0.15) is 0 Å². The molecule has 3 N–H and O–H groups in total. The Kier molecular flexibility index (Phi) is 3.39. The number of rotatable bonds is 1. The van der Waals surface area contributed by atoms with Gasteiger partial charge in [0.15, 0.2) is 0 Å². The summed E-state index contributed by atoms with van der Waals surface area (Å²) in [6.45, 7) is 0.646. The van der Waals surface area contributed by atoms with E-state index in [1.54, 1.807) is 0 Å². The number of aromatic amines is 1. The van der Waals surface area contributed by atoms with Crippen molar-refractivity contribution in [1.82, 2.24) is 8.94 Å². The predicted octanol–water partition coefficient (Wildman–Crippen LogP) is 2.62. The number of hydrogen-bond acceptors (Lipinski definition) is 5. The zero-order valence-electron chi connectivity index (χ0n) is 15.3. The number of pyridine rings is 1. The van der Waals surface area contributed by atoms with Crippen LogP contribution >= 0.6 is 11.5 Å². The van der Waals surface area contributed by atoms with Crippen molar-refractivity contribution < 1.29 is 4.39 Å². The lowest BCUT2D eigenvalue weighted by Gasteiger charge is -2.27. The molecular weight excluding hydrogens is 379 g/mol. The predicted molar refractivity (Wildman–Crippen MR) is 109 cm³/mol. The summed E-state index contributed by atoms with van der Waals surface area (Å²) in [6.07, 6.45) is 5.58. The Labute approximate surface area is 163 Å². The molecule has 0 bridgehead atoms. The molecule has 3 aliphatic rings. The Morgan fingerprint density at radius 3 is 2.82 bits per heavy atom. The zero-order chi connectivity index (χ0) is 19.2. The number of nitrogens with two attached hydrogens (primary N) is 1. The molecule has 0 radical (unpaired) electrons. The highest BCUT2D eigenvalue weighted by atomic mass is 32.1. The summed E-state index contributed by atoms with van der Waals surface area (Å²) < 4.78 is 20.2. The number of aryl methyl sites for hydroxylation is 1. The topological polar surface area (TPSA) is 84.1 Å². The third-order valence-corrected chi connectivity index (χ3v) is 7.43. The van der Waals surface area contributed by atoms with E-state index in [9.17, 15) is 9.59 Å². The van der Waals surface area contributed by atoms with E-state index in [2.05, 4.69) is 13.8 Å². The molecule has 2 aromatic heterocycles. The molecule has 1 unspecified atom stereocenters. The van der Waals surface area contributed by atoms with Crippen LogP contribution in [-0.4, -0.2) is 27.6 Å². The van der Waals surface area contributed by atoms with Gasteiger partial charge >= 0.3 is 0 Å². The van der Waals surface area contributed by atoms with Gasteiger partial charge in [0, 0.05) is 35.6 Å². The summed E-state index contributed by atoms with van der Waals surface area (Å²) in [5.41, 5.74) is 7.83. The first kappa shape index (κ1) is 16.7. The van der Waals surface area contributed by atoms with Crippen LogP contribution in [0.3, 0.4) is 0 Å². The maximum absolute atomic E-state index is 15.4. The van der Waals surface area contributed by atoms with Crippen LogP contribution in [0.2, 0.25) is 0 Å². The van der Waals surface area contributed by atoms with Gasteiger partial charge in [0.1, 0.15) is 16.0 Å². The lowest BCUT2D eigenvalue weighted by molar-refractivity contribution is 0.574. The van der Waals surface area contributed by atoms with Crippen molar-refractivity contribution >= 4 is 38.3 Å². The number of H-pyrrole nitrogens is 1. The monoisotopic (exact) mass is 400 g/mol. The average Bonchev–Trinajstić information content (AvgIpc) is 3.36. The molecular formula is C20H21FN4O2S. The van der Waals surface area contributed by atoms with E-state index in [-0.39, 0.29) is 40.3 Å². The lowest BCUT2D eigenvalue weighted by atomic mass is 10.00. The minimum atomic E-state index is -0.373. The van der Waals surface area contributed by atoms with Crippen LogP contribution in [-0.2, 0) is 6.42 Å². The Morgan fingerprint density at radius 2 is 2.04 bits per heavy atom. The van der Waals surface area contributed by atoms with Crippen molar-refractivity contribution in [3.63, 3.8) is 0 Å². The Hall–Kier alpha value is -2.19. The summed E-state index contributed by atoms with van der Waals surface area (Å²) in [5, 5.41) is 0.500. The first-order valence-corrected chi connectivity index (χ1v) is 10.8. The molecule has 3 aromatic rings. The number of benzene rings is 1. The molecule has 0 amide bonds. The molecule has 8 heteroatoms. The Balaban J connectivity index is 1.78. The van der Waals surface area contributed by atoms with Crippen molar-refractivity contribution in [3.8, 4) is 0 Å². The van der Waals surface area contributed by atoms with E-state index in [1.807, 2.05) is 0 Å². The quantitative estimate of drug-likeness (QED) is 0.658. The van der Waals surface area contributed by atoms with Crippen molar-refractivity contribution in [1.29, 1.82) is 0 Å². The van der Waals surface area contributed by atoms with Gasteiger partial charge in [-0.05, 0) is 56.1 Å². The van der Waals surface area contributed by atoms with Crippen LogP contribution in [0, 0.1) is 5.82 Å². The van der Waals surface area contributed by atoms with Crippen LogP contribution in [0.25, 0.3) is 21.1 Å². The first-order chi connectivity index (χ1) is 13.5. The van der Waals surface area contributed by atoms with Crippen LogP contribution < -0.4 is 21.6 Å². The van der Waals surface area contributed by atoms with E-state index >= 15 is 4.39 Å². The van der Waals surface area contributed by atoms with Gasteiger partial charge < -0.3 is 15.2 Å². The van der Waals surface area contributed by atoms with Crippen LogP contribution in [0.5, 0.6) is 0 Å². The van der Waals surface area contributed by atoms with Gasteiger partial charge in [-0.1, -0.05) is 0 Å². The molecule has 2 atom stereocenters. The minimum Gasteiger partial charge on any atom is -0.364 e. The summed E-state index contributed by atoms with van der Waals surface area (Å²) in [4.78, 5) is 28.2. The van der Waals surface area contributed by atoms with Gasteiger partial charge in [-0.3, -0.25) is 14.0 Å². The second-order valence-corrected chi connectivity index (χ2v) is 9.21. The Bertz CT molecular complexity index is 1260. The maximum Gasteiger partial charge on any atom is 0.271 e. The molecule has 6 rings (SSSR count). The zero-order valence-corrected chi connectivity index (χ0v) is 16.2. The molecule has 1 aliphatic carbocycles. The SMILES string of the molecule is N[C@H]1CC2CCCc3c(c(F)cc4c(=O)c5c(=O)[nH]sc5n(C5CC5)c34)N2C1. The van der Waals surface area contributed by atoms with E-state index < -0.39 is 0 Å². The van der Waals surface area contributed by atoms with Crippen LogP contribution in [0.15, 0.2) is 15.7 Å². The number of nitrogens with zero attached hydrogens (tertiary/aromatic N) is 2. The minimum absolute atomic E-state index is 0.0501. The second-order valence-electron chi connectivity index (χ2n) is 8.42. The number of aromatic nitrogens is 2. The highest BCUT2D eigenvalue weighted by molar-refractivity contribution is 7.12. The van der Waals surface area contributed by atoms with Gasteiger partial charge in [0.2, 0.25) is 5.43 Å². The fourth-order valence-corrected chi connectivity index (χ4v) is 6.19. The van der Waals surface area contributed by atoms with Crippen LogP contribution in [0.4, 0.5) is 10.1 Å². The van der Waals surface area contributed by atoms with Gasteiger partial charge in [0.05, 0.1) is 11.2 Å². The molecule has 4 heterocycles. The van der Waals surface area contributed by atoms with Crippen molar-refractivity contribution in [3.05, 3.63) is 38.0 Å². The molecule has 2 fully saturated rings. The third kappa shape index (κ3) is 2.16. The molecule has 6 nitrogen and oxygen atoms in total. The molecule has 0 spiro atoms. The first-order valence-electron chi connectivity index (χ1n) is 9.97. The second kappa shape index (κ2) is 5.67. The molecule has 28 heavy (non-hydrogen) atoms. The van der Waals surface area contributed by atoms with E-state index in [0.29, 0.717) is 22.4 Å². The third-order valence-electron chi connectivity index (χ3n) is 6.55. The summed E-state index contributed by atoms with van der Waals surface area (Å²) in [6, 6.07) is 1.94. The molecule has 2 aliphatic heterocycles. The number of hydrogen-bond donors (Lipinski definition) is 2. The maximum atomic E-state index is 15.4. The normalized spacial score (nSPS) is 24.6. The number of halogens is 1. The van der Waals surface area contributed by atoms with Gasteiger partial charge in [-0.15, -0.1) is 0 Å². The lowest BCUT2D eigenvalue weighted by Crippen LogP contribution is -2.31. The fourth-order valence-electron chi connectivity index (χ4n) is 5.27. The Morgan fingerprint density at radius 1 is 1.21 bits per heavy atom. The smallest absolute Gasteiger partial charge is 0.271 e. The molecule has 1 saturated carbocycles. The van der Waals surface area contributed by atoms with E-state index in [4.69, 9.17) is 5.73 Å². The van der Waals surface area contributed by atoms with Crippen molar-refractivity contribution in [2.24, 2.45) is 5.73 Å². The van der Waals surface area contributed by atoms with E-state index in [1.165, 1.54) is 17.6 Å². The summed E-state index contributed by atoms with van der Waals surface area (Å²) in [5.74, 6) is -0.367. The molecule has 146 valence electrons.